The highest BCUT2D eigenvalue weighted by atomic mass is 79.9. The number of anilines is 1. The number of nitrogens with zero attached hydrogens (tertiary/aromatic N) is 2. The number of hydrogen-bond donors (Lipinski definition) is 2. The van der Waals surface area contributed by atoms with Gasteiger partial charge in [-0.25, -0.2) is 0 Å². The van der Waals surface area contributed by atoms with Gasteiger partial charge in [-0.3, -0.25) is 4.68 Å². The Kier molecular flexibility index (Phi) is 3.49. The largest absolute Gasteiger partial charge is 0.398 e. The predicted molar refractivity (Wildman–Crippen MR) is 70.4 cm³/mol. The number of benzene rings is 1. The molecule has 0 amide bonds. The van der Waals surface area contributed by atoms with Gasteiger partial charge in [0.1, 0.15) is 0 Å². The van der Waals surface area contributed by atoms with Crippen LogP contribution in [-0.2, 0) is 13.5 Å². The van der Waals surface area contributed by atoms with E-state index in [9.17, 15) is 5.11 Å². The van der Waals surface area contributed by atoms with Gasteiger partial charge in [0.05, 0.1) is 12.3 Å². The molecule has 1 unspecified atom stereocenters. The van der Waals surface area contributed by atoms with Crippen molar-refractivity contribution in [3.63, 3.8) is 0 Å². The van der Waals surface area contributed by atoms with E-state index in [2.05, 4.69) is 21.0 Å². The topological polar surface area (TPSA) is 64.1 Å². The van der Waals surface area contributed by atoms with Crippen molar-refractivity contribution in [2.24, 2.45) is 7.05 Å². The first-order valence-corrected chi connectivity index (χ1v) is 6.06. The maximum atomic E-state index is 10.2. The lowest BCUT2D eigenvalue weighted by molar-refractivity contribution is 0.179. The molecular weight excluding hydrogens is 282 g/mol. The second kappa shape index (κ2) is 4.89. The number of nitrogen functional groups attached to an aromatic ring is 1. The molecule has 0 aliphatic carbocycles. The minimum absolute atomic E-state index is 0.508. The molecule has 4 nitrogen and oxygen atoms in total. The van der Waals surface area contributed by atoms with Crippen LogP contribution in [0.1, 0.15) is 17.2 Å². The molecule has 1 aromatic heterocycles. The third-order valence-electron chi connectivity index (χ3n) is 2.60. The van der Waals surface area contributed by atoms with E-state index in [1.54, 1.807) is 16.9 Å². The molecule has 0 bridgehead atoms. The lowest BCUT2D eigenvalue weighted by Crippen LogP contribution is -2.05. The van der Waals surface area contributed by atoms with Gasteiger partial charge in [-0.15, -0.1) is 0 Å². The van der Waals surface area contributed by atoms with Gasteiger partial charge in [-0.2, -0.15) is 5.10 Å². The van der Waals surface area contributed by atoms with Gasteiger partial charge in [0.25, 0.3) is 0 Å². The maximum absolute atomic E-state index is 10.2. The monoisotopic (exact) mass is 295 g/mol. The normalized spacial score (nSPS) is 12.6. The first-order chi connectivity index (χ1) is 8.06. The highest BCUT2D eigenvalue weighted by Crippen LogP contribution is 2.26. The SMILES string of the molecule is Cn1cc(CC(O)c2cc(Br)ccc2N)cn1. The smallest absolute Gasteiger partial charge is 0.0851 e. The molecule has 0 spiro atoms. The average Bonchev–Trinajstić information content (AvgIpc) is 2.67. The van der Waals surface area contributed by atoms with E-state index in [1.807, 2.05) is 25.4 Å². The van der Waals surface area contributed by atoms with Crippen molar-refractivity contribution in [3.8, 4) is 0 Å². The van der Waals surface area contributed by atoms with Gasteiger partial charge >= 0.3 is 0 Å². The Morgan fingerprint density at radius 3 is 2.94 bits per heavy atom. The second-order valence-corrected chi connectivity index (χ2v) is 4.93. The molecule has 0 saturated heterocycles. The van der Waals surface area contributed by atoms with Crippen molar-refractivity contribution in [2.75, 3.05) is 5.73 Å². The molecule has 0 aliphatic heterocycles. The van der Waals surface area contributed by atoms with Gasteiger partial charge < -0.3 is 10.8 Å². The van der Waals surface area contributed by atoms with Crippen LogP contribution in [0, 0.1) is 0 Å². The zero-order valence-corrected chi connectivity index (χ0v) is 11.1. The zero-order valence-electron chi connectivity index (χ0n) is 9.47. The average molecular weight is 296 g/mol. The van der Waals surface area contributed by atoms with Crippen LogP contribution < -0.4 is 5.73 Å². The minimum atomic E-state index is -0.614. The quantitative estimate of drug-likeness (QED) is 0.852. The summed E-state index contributed by atoms with van der Waals surface area (Å²) >= 11 is 3.37. The highest BCUT2D eigenvalue weighted by molar-refractivity contribution is 9.10. The third-order valence-corrected chi connectivity index (χ3v) is 3.09. The summed E-state index contributed by atoms with van der Waals surface area (Å²) in [5.41, 5.74) is 8.17. The van der Waals surface area contributed by atoms with Gasteiger partial charge in [-0.05, 0) is 23.8 Å². The molecule has 2 aromatic rings. The molecule has 1 aromatic carbocycles. The Morgan fingerprint density at radius 2 is 2.29 bits per heavy atom. The molecule has 90 valence electrons. The summed E-state index contributed by atoms with van der Waals surface area (Å²) in [5, 5.41) is 14.2. The highest BCUT2D eigenvalue weighted by Gasteiger charge is 2.13. The molecule has 0 radical (unpaired) electrons. The second-order valence-electron chi connectivity index (χ2n) is 4.02. The van der Waals surface area contributed by atoms with Crippen LogP contribution in [0.3, 0.4) is 0 Å². The van der Waals surface area contributed by atoms with Crippen molar-refractivity contribution < 1.29 is 5.11 Å². The third kappa shape index (κ3) is 2.87. The molecule has 5 heteroatoms. The number of aliphatic hydroxyl groups excluding tert-OH is 1. The molecule has 0 saturated carbocycles. The van der Waals surface area contributed by atoms with Crippen LogP contribution in [0.25, 0.3) is 0 Å². The molecular formula is C12H14BrN3O. The summed E-state index contributed by atoms with van der Waals surface area (Å²) in [4.78, 5) is 0. The molecule has 1 atom stereocenters. The van der Waals surface area contributed by atoms with Crippen LogP contribution in [0.4, 0.5) is 5.69 Å². The predicted octanol–water partition coefficient (Wildman–Crippen LogP) is 2.04. The van der Waals surface area contributed by atoms with Crippen molar-refractivity contribution in [3.05, 3.63) is 46.2 Å². The van der Waals surface area contributed by atoms with Crippen LogP contribution in [0.2, 0.25) is 0 Å². The Bertz CT molecular complexity index is 524. The van der Waals surface area contributed by atoms with Gasteiger partial charge in [0.15, 0.2) is 0 Å². The molecule has 1 heterocycles. The lowest BCUT2D eigenvalue weighted by atomic mass is 10.0. The Morgan fingerprint density at radius 1 is 1.53 bits per heavy atom. The number of halogens is 1. The van der Waals surface area contributed by atoms with Crippen molar-refractivity contribution in [1.82, 2.24) is 9.78 Å². The number of aryl methyl sites for hydroxylation is 1. The van der Waals surface area contributed by atoms with E-state index in [0.29, 0.717) is 12.1 Å². The van der Waals surface area contributed by atoms with Gasteiger partial charge in [-0.1, -0.05) is 15.9 Å². The van der Waals surface area contributed by atoms with Gasteiger partial charge in [0, 0.05) is 35.4 Å². The summed E-state index contributed by atoms with van der Waals surface area (Å²) in [6, 6.07) is 5.48. The fourth-order valence-electron chi connectivity index (χ4n) is 1.74. The Balaban J connectivity index is 2.19. The van der Waals surface area contributed by atoms with E-state index < -0.39 is 6.10 Å². The fourth-order valence-corrected chi connectivity index (χ4v) is 2.12. The molecule has 0 fully saturated rings. The maximum Gasteiger partial charge on any atom is 0.0851 e. The van der Waals surface area contributed by atoms with Crippen molar-refractivity contribution in [2.45, 2.75) is 12.5 Å². The fraction of sp³-hybridized carbons (Fsp3) is 0.250. The number of aromatic nitrogens is 2. The molecule has 0 aliphatic rings. The van der Waals surface area contributed by atoms with Gasteiger partial charge in [0.2, 0.25) is 0 Å². The number of hydrogen-bond acceptors (Lipinski definition) is 3. The van der Waals surface area contributed by atoms with Crippen LogP contribution in [0.15, 0.2) is 35.1 Å². The summed E-state index contributed by atoms with van der Waals surface area (Å²) in [5.74, 6) is 0. The number of aliphatic hydroxyl groups is 1. The summed E-state index contributed by atoms with van der Waals surface area (Å²) in [7, 11) is 1.85. The number of rotatable bonds is 3. The summed E-state index contributed by atoms with van der Waals surface area (Å²) in [6.45, 7) is 0. The van der Waals surface area contributed by atoms with Crippen molar-refractivity contribution in [1.29, 1.82) is 0 Å². The van der Waals surface area contributed by atoms with Crippen LogP contribution in [-0.4, -0.2) is 14.9 Å². The summed E-state index contributed by atoms with van der Waals surface area (Å²) in [6.07, 6.45) is 3.53. The van der Waals surface area contributed by atoms with Crippen LogP contribution in [0.5, 0.6) is 0 Å². The molecule has 3 N–H and O–H groups in total. The Hall–Kier alpha value is -1.33. The Labute approximate surface area is 108 Å². The van der Waals surface area contributed by atoms with E-state index >= 15 is 0 Å². The lowest BCUT2D eigenvalue weighted by Gasteiger charge is -2.12. The van der Waals surface area contributed by atoms with E-state index in [1.165, 1.54) is 0 Å². The molecule has 17 heavy (non-hydrogen) atoms. The summed E-state index contributed by atoms with van der Waals surface area (Å²) < 4.78 is 2.62. The van der Waals surface area contributed by atoms with Crippen molar-refractivity contribution >= 4 is 21.6 Å². The standard InChI is InChI=1S/C12H14BrN3O/c1-16-7-8(6-15-16)4-12(17)10-5-9(13)2-3-11(10)14/h2-3,5-7,12,17H,4,14H2,1H3. The van der Waals surface area contributed by atoms with E-state index in [4.69, 9.17) is 5.73 Å². The van der Waals surface area contributed by atoms with E-state index in [0.717, 1.165) is 15.6 Å². The number of nitrogens with two attached hydrogens (primary N) is 1. The molecule has 2 rings (SSSR count). The first-order valence-electron chi connectivity index (χ1n) is 5.27. The van der Waals surface area contributed by atoms with E-state index in [-0.39, 0.29) is 0 Å². The zero-order chi connectivity index (χ0) is 12.4. The minimum Gasteiger partial charge on any atom is -0.398 e. The van der Waals surface area contributed by atoms with Crippen LogP contribution >= 0.6 is 15.9 Å². The first kappa shape index (κ1) is 12.1.